The topological polar surface area (TPSA) is 109 Å². The Hall–Kier alpha value is -2.41. The largest absolute Gasteiger partial charge is 0.347 e. The third-order valence-electron chi connectivity index (χ3n) is 2.44. The van der Waals surface area contributed by atoms with Crippen LogP contribution >= 0.6 is 0 Å². The lowest BCUT2D eigenvalue weighted by atomic mass is 10.2. The molecule has 0 aliphatic heterocycles. The minimum Gasteiger partial charge on any atom is -0.347 e. The van der Waals surface area contributed by atoms with Crippen LogP contribution in [0.3, 0.4) is 0 Å². The van der Waals surface area contributed by atoms with E-state index in [0.717, 1.165) is 11.4 Å². The van der Waals surface area contributed by atoms with Gasteiger partial charge in [-0.05, 0) is 13.0 Å². The highest BCUT2D eigenvalue weighted by Crippen LogP contribution is 2.14. The highest BCUT2D eigenvalue weighted by atomic mass is 16.1. The number of carbonyl (C=O) groups is 1. The molecule has 2 aromatic rings. The van der Waals surface area contributed by atoms with Crippen molar-refractivity contribution < 1.29 is 4.79 Å². The van der Waals surface area contributed by atoms with Crippen LogP contribution in [0.15, 0.2) is 24.8 Å². The number of nitrogen functional groups attached to an aromatic ring is 1. The third-order valence-corrected chi connectivity index (χ3v) is 2.44. The van der Waals surface area contributed by atoms with Gasteiger partial charge in [0.15, 0.2) is 0 Å². The second kappa shape index (κ2) is 5.28. The van der Waals surface area contributed by atoms with Crippen molar-refractivity contribution in [2.24, 2.45) is 5.84 Å². The number of amides is 1. The maximum Gasteiger partial charge on any atom is 0.255 e. The van der Waals surface area contributed by atoms with Crippen LogP contribution < -0.4 is 16.6 Å². The summed E-state index contributed by atoms with van der Waals surface area (Å²) in [6.45, 7) is 2.20. The predicted octanol–water partition coefficient (Wildman–Crippen LogP) is 0.329. The van der Waals surface area contributed by atoms with Crippen molar-refractivity contribution >= 4 is 11.6 Å². The van der Waals surface area contributed by atoms with E-state index in [1.54, 1.807) is 18.6 Å². The molecule has 2 aromatic heterocycles. The van der Waals surface area contributed by atoms with E-state index in [4.69, 9.17) is 5.84 Å². The van der Waals surface area contributed by atoms with Gasteiger partial charge >= 0.3 is 0 Å². The van der Waals surface area contributed by atoms with E-state index in [-0.39, 0.29) is 5.91 Å². The summed E-state index contributed by atoms with van der Waals surface area (Å²) >= 11 is 0. The second-order valence-electron chi connectivity index (χ2n) is 3.78. The minimum absolute atomic E-state index is 0.245. The van der Waals surface area contributed by atoms with Gasteiger partial charge in [-0.15, -0.1) is 0 Å². The Morgan fingerprint density at radius 2 is 2.33 bits per heavy atom. The Bertz CT molecular complexity index is 536. The van der Waals surface area contributed by atoms with Gasteiger partial charge in [0.25, 0.3) is 5.91 Å². The first-order chi connectivity index (χ1) is 8.70. The van der Waals surface area contributed by atoms with E-state index in [2.05, 4.69) is 25.7 Å². The fourth-order valence-electron chi connectivity index (χ4n) is 1.51. The van der Waals surface area contributed by atoms with Crippen LogP contribution in [-0.4, -0.2) is 20.9 Å². The Morgan fingerprint density at radius 3 is 3.00 bits per heavy atom. The van der Waals surface area contributed by atoms with Crippen molar-refractivity contribution in [1.29, 1.82) is 0 Å². The van der Waals surface area contributed by atoms with Crippen molar-refractivity contribution in [3.8, 4) is 0 Å². The van der Waals surface area contributed by atoms with E-state index >= 15 is 0 Å². The molecule has 1 amide bonds. The number of pyridine rings is 1. The molecule has 0 radical (unpaired) electrons. The second-order valence-corrected chi connectivity index (χ2v) is 3.78. The summed E-state index contributed by atoms with van der Waals surface area (Å²) in [4.78, 5) is 22.8. The predicted molar refractivity (Wildman–Crippen MR) is 66.5 cm³/mol. The van der Waals surface area contributed by atoms with Crippen LogP contribution in [-0.2, 0) is 6.54 Å². The molecule has 5 N–H and O–H groups in total. The lowest BCUT2D eigenvalue weighted by Crippen LogP contribution is -2.25. The number of hydrogen-bond donors (Lipinski definition) is 4. The molecule has 7 heteroatoms. The van der Waals surface area contributed by atoms with E-state index in [1.807, 2.05) is 6.92 Å². The average Bonchev–Trinajstić information content (AvgIpc) is 2.88. The van der Waals surface area contributed by atoms with E-state index in [1.165, 1.54) is 6.20 Å². The van der Waals surface area contributed by atoms with Crippen LogP contribution in [0.2, 0.25) is 0 Å². The molecule has 94 valence electrons. The van der Waals surface area contributed by atoms with Gasteiger partial charge in [0.2, 0.25) is 0 Å². The summed E-state index contributed by atoms with van der Waals surface area (Å²) in [6, 6.07) is 1.71. The van der Waals surface area contributed by atoms with Crippen molar-refractivity contribution in [3.63, 3.8) is 0 Å². The number of nitrogens with zero attached hydrogens (tertiary/aromatic N) is 2. The number of nitrogens with two attached hydrogens (primary N) is 1. The molecular weight excluding hydrogens is 232 g/mol. The number of aryl methyl sites for hydroxylation is 1. The van der Waals surface area contributed by atoms with Crippen LogP contribution in [0.4, 0.5) is 5.69 Å². The zero-order valence-electron chi connectivity index (χ0n) is 9.90. The zero-order chi connectivity index (χ0) is 13.0. The summed E-state index contributed by atoms with van der Waals surface area (Å²) in [6.07, 6.45) is 4.70. The van der Waals surface area contributed by atoms with Crippen LogP contribution in [0.25, 0.3) is 0 Å². The molecule has 2 rings (SSSR count). The standard InChI is InChI=1S/C11H14N6O/c1-7-2-10(17-12)9(5-14-7)11(18)15-4-8-3-13-6-16-8/h2-3,5-6H,4,12H2,1H3,(H,13,16)(H,14,17)(H,15,18). The lowest BCUT2D eigenvalue weighted by molar-refractivity contribution is 0.0951. The van der Waals surface area contributed by atoms with Crippen LogP contribution in [0.1, 0.15) is 21.7 Å². The number of H-pyrrole nitrogens is 1. The Balaban J connectivity index is 2.09. The monoisotopic (exact) mass is 246 g/mol. The quantitative estimate of drug-likeness (QED) is 0.459. The van der Waals surface area contributed by atoms with Gasteiger partial charge in [-0.1, -0.05) is 0 Å². The molecule has 0 fully saturated rings. The SMILES string of the molecule is Cc1cc(NN)c(C(=O)NCc2cnc[nH]2)cn1. The summed E-state index contributed by atoms with van der Waals surface area (Å²) in [7, 11) is 0. The van der Waals surface area contributed by atoms with Gasteiger partial charge in [0.1, 0.15) is 0 Å². The Morgan fingerprint density at radius 1 is 1.50 bits per heavy atom. The van der Waals surface area contributed by atoms with E-state index < -0.39 is 0 Å². The number of hydrogen-bond acceptors (Lipinski definition) is 5. The number of aromatic amines is 1. The molecule has 0 aliphatic rings. The number of hydrazine groups is 1. The highest BCUT2D eigenvalue weighted by molar-refractivity contribution is 5.99. The molecule has 0 saturated carbocycles. The molecule has 7 nitrogen and oxygen atoms in total. The molecule has 0 unspecified atom stereocenters. The average molecular weight is 246 g/mol. The van der Waals surface area contributed by atoms with E-state index in [0.29, 0.717) is 17.8 Å². The molecule has 0 spiro atoms. The van der Waals surface area contributed by atoms with Gasteiger partial charge in [0, 0.05) is 18.1 Å². The number of imidazole rings is 1. The molecule has 0 bridgehead atoms. The number of carbonyl (C=O) groups excluding carboxylic acids is 1. The van der Waals surface area contributed by atoms with Crippen molar-refractivity contribution in [2.75, 3.05) is 5.43 Å². The van der Waals surface area contributed by atoms with Gasteiger partial charge < -0.3 is 15.7 Å². The van der Waals surface area contributed by atoms with Crippen molar-refractivity contribution in [2.45, 2.75) is 13.5 Å². The zero-order valence-corrected chi connectivity index (χ0v) is 9.90. The molecule has 0 saturated heterocycles. The summed E-state index contributed by atoms with van der Waals surface area (Å²) in [5, 5.41) is 2.75. The number of anilines is 1. The van der Waals surface area contributed by atoms with Crippen LogP contribution in [0.5, 0.6) is 0 Å². The highest BCUT2D eigenvalue weighted by Gasteiger charge is 2.11. The summed E-state index contributed by atoms with van der Waals surface area (Å²) in [5.41, 5.74) is 5.05. The first-order valence-electron chi connectivity index (χ1n) is 5.39. The van der Waals surface area contributed by atoms with Gasteiger partial charge in [0.05, 0.1) is 29.8 Å². The van der Waals surface area contributed by atoms with Crippen molar-refractivity contribution in [3.05, 3.63) is 41.7 Å². The fourth-order valence-corrected chi connectivity index (χ4v) is 1.51. The maximum absolute atomic E-state index is 11.9. The normalized spacial score (nSPS) is 10.1. The molecule has 0 atom stereocenters. The van der Waals surface area contributed by atoms with Crippen LogP contribution in [0, 0.1) is 6.92 Å². The Labute approximate surface area is 104 Å². The number of aromatic nitrogens is 3. The summed E-state index contributed by atoms with van der Waals surface area (Å²) in [5.74, 6) is 5.13. The first kappa shape index (κ1) is 12.1. The molecule has 0 aliphatic carbocycles. The number of nitrogens with one attached hydrogen (secondary N) is 3. The van der Waals surface area contributed by atoms with Crippen molar-refractivity contribution in [1.82, 2.24) is 20.3 Å². The van der Waals surface area contributed by atoms with Gasteiger partial charge in [-0.2, -0.15) is 0 Å². The molecule has 0 aromatic carbocycles. The minimum atomic E-state index is -0.245. The van der Waals surface area contributed by atoms with Gasteiger partial charge in [-0.3, -0.25) is 15.6 Å². The third kappa shape index (κ3) is 2.64. The van der Waals surface area contributed by atoms with Gasteiger partial charge in [-0.25, -0.2) is 4.98 Å². The lowest BCUT2D eigenvalue weighted by Gasteiger charge is -2.09. The summed E-state index contributed by atoms with van der Waals surface area (Å²) < 4.78 is 0. The molecular formula is C11H14N6O. The smallest absolute Gasteiger partial charge is 0.255 e. The van der Waals surface area contributed by atoms with E-state index in [9.17, 15) is 4.79 Å². The Kier molecular flexibility index (Phi) is 3.54. The maximum atomic E-state index is 11.9. The number of rotatable bonds is 4. The molecule has 18 heavy (non-hydrogen) atoms. The molecule has 2 heterocycles. The first-order valence-corrected chi connectivity index (χ1v) is 5.39. The fraction of sp³-hybridized carbons (Fsp3) is 0.182.